The molecule has 0 bridgehead atoms. The van der Waals surface area contributed by atoms with Crippen LogP contribution < -0.4 is 10.5 Å². The molecule has 0 aliphatic heterocycles. The highest BCUT2D eigenvalue weighted by atomic mass is 35.5. The van der Waals surface area contributed by atoms with E-state index in [0.29, 0.717) is 5.92 Å². The lowest BCUT2D eigenvalue weighted by atomic mass is 10.1. The average molecular weight is 321 g/mol. The van der Waals surface area contributed by atoms with Crippen molar-refractivity contribution in [3.05, 3.63) is 28.5 Å². The molecule has 2 unspecified atom stereocenters. The predicted molar refractivity (Wildman–Crippen MR) is 76.4 cm³/mol. The van der Waals surface area contributed by atoms with Crippen LogP contribution >= 0.6 is 11.6 Å². The number of sulfonamides is 1. The van der Waals surface area contributed by atoms with E-state index in [-0.39, 0.29) is 23.2 Å². The summed E-state index contributed by atoms with van der Waals surface area (Å²) in [4.78, 5) is -0.426. The fraction of sp³-hybridized carbons (Fsp3) is 0.538. The zero-order chi connectivity index (χ0) is 14.9. The first-order chi connectivity index (χ1) is 9.33. The largest absolute Gasteiger partial charge is 0.326 e. The van der Waals surface area contributed by atoms with Crippen LogP contribution in [0, 0.1) is 11.7 Å². The van der Waals surface area contributed by atoms with Gasteiger partial charge in [-0.1, -0.05) is 18.5 Å². The average Bonchev–Trinajstić information content (AvgIpc) is 2.76. The molecule has 20 heavy (non-hydrogen) atoms. The Morgan fingerprint density at radius 1 is 1.45 bits per heavy atom. The van der Waals surface area contributed by atoms with Crippen molar-refractivity contribution in [2.75, 3.05) is 0 Å². The minimum Gasteiger partial charge on any atom is -0.326 e. The summed E-state index contributed by atoms with van der Waals surface area (Å²) in [6, 6.07) is 2.32. The molecular weight excluding hydrogens is 303 g/mol. The van der Waals surface area contributed by atoms with Crippen molar-refractivity contribution < 1.29 is 12.8 Å². The molecule has 3 N–H and O–H groups in total. The first-order valence-electron chi connectivity index (χ1n) is 6.54. The van der Waals surface area contributed by atoms with E-state index in [1.54, 1.807) is 0 Å². The van der Waals surface area contributed by atoms with Crippen LogP contribution in [0.1, 0.15) is 31.7 Å². The number of rotatable bonds is 4. The van der Waals surface area contributed by atoms with Gasteiger partial charge in [-0.15, -0.1) is 0 Å². The molecule has 1 aliphatic rings. The topological polar surface area (TPSA) is 72.2 Å². The molecule has 0 amide bonds. The summed E-state index contributed by atoms with van der Waals surface area (Å²) < 4.78 is 41.3. The summed E-state index contributed by atoms with van der Waals surface area (Å²) in [5.74, 6) is -0.345. The maximum absolute atomic E-state index is 14.1. The lowest BCUT2D eigenvalue weighted by Crippen LogP contribution is -2.33. The Bertz CT molecular complexity index is 607. The molecule has 2 rings (SSSR count). The highest BCUT2D eigenvalue weighted by Crippen LogP contribution is 2.28. The molecule has 1 aliphatic carbocycles. The second kappa shape index (κ2) is 5.97. The predicted octanol–water partition coefficient (Wildman–Crippen LogP) is 2.40. The van der Waals surface area contributed by atoms with Crippen LogP contribution in [0.15, 0.2) is 17.0 Å². The molecular formula is C13H18ClFN2O2S. The van der Waals surface area contributed by atoms with Gasteiger partial charge in [-0.25, -0.2) is 17.5 Å². The van der Waals surface area contributed by atoms with Crippen LogP contribution in [0.2, 0.25) is 5.02 Å². The van der Waals surface area contributed by atoms with Gasteiger partial charge < -0.3 is 5.73 Å². The Morgan fingerprint density at radius 3 is 2.70 bits per heavy atom. The van der Waals surface area contributed by atoms with E-state index >= 15 is 0 Å². The smallest absolute Gasteiger partial charge is 0.243 e. The number of benzene rings is 1. The molecule has 0 spiro atoms. The lowest BCUT2D eigenvalue weighted by Gasteiger charge is -2.15. The molecule has 2 atom stereocenters. The van der Waals surface area contributed by atoms with E-state index in [0.717, 1.165) is 25.3 Å². The maximum Gasteiger partial charge on any atom is 0.243 e. The van der Waals surface area contributed by atoms with Gasteiger partial charge in [0.2, 0.25) is 10.0 Å². The van der Waals surface area contributed by atoms with Gasteiger partial charge in [0.25, 0.3) is 0 Å². The summed E-state index contributed by atoms with van der Waals surface area (Å²) in [6.45, 7) is 1.97. The molecule has 0 heterocycles. The quantitative estimate of drug-likeness (QED) is 0.894. The van der Waals surface area contributed by atoms with Crippen molar-refractivity contribution >= 4 is 21.6 Å². The van der Waals surface area contributed by atoms with Gasteiger partial charge in [-0.05, 0) is 37.3 Å². The van der Waals surface area contributed by atoms with E-state index in [4.69, 9.17) is 17.3 Å². The number of nitrogens with one attached hydrogen (secondary N) is 1. The van der Waals surface area contributed by atoms with E-state index in [9.17, 15) is 12.8 Å². The summed E-state index contributed by atoms with van der Waals surface area (Å²) in [5, 5.41) is 0.159. The third kappa shape index (κ3) is 3.31. The number of halogens is 2. The van der Waals surface area contributed by atoms with Crippen LogP contribution in [0.3, 0.4) is 0 Å². The van der Waals surface area contributed by atoms with Gasteiger partial charge in [0.05, 0.1) is 0 Å². The summed E-state index contributed by atoms with van der Waals surface area (Å²) in [6.07, 6.45) is 2.51. The van der Waals surface area contributed by atoms with Crippen molar-refractivity contribution in [1.82, 2.24) is 4.72 Å². The molecule has 0 radical (unpaired) electrons. The van der Waals surface area contributed by atoms with Gasteiger partial charge in [0.15, 0.2) is 0 Å². The molecule has 0 aromatic heterocycles. The van der Waals surface area contributed by atoms with Gasteiger partial charge in [0, 0.05) is 23.2 Å². The zero-order valence-corrected chi connectivity index (χ0v) is 12.8. The number of nitrogens with two attached hydrogens (primary N) is 1. The van der Waals surface area contributed by atoms with Gasteiger partial charge in [-0.3, -0.25) is 0 Å². The fourth-order valence-corrected chi connectivity index (χ4v) is 4.29. The minimum absolute atomic E-state index is 0.0951. The monoisotopic (exact) mass is 320 g/mol. The SMILES string of the molecule is CC1CCC(NS(=O)(=O)c2cc(Cl)cc(CN)c2F)C1. The molecule has 1 aromatic rings. The Hall–Kier alpha value is -0.690. The van der Waals surface area contributed by atoms with E-state index in [2.05, 4.69) is 11.6 Å². The van der Waals surface area contributed by atoms with Gasteiger partial charge in [-0.2, -0.15) is 0 Å². The highest BCUT2D eigenvalue weighted by Gasteiger charge is 2.29. The van der Waals surface area contributed by atoms with E-state index < -0.39 is 20.7 Å². The van der Waals surface area contributed by atoms with Crippen LogP contribution in [0.25, 0.3) is 0 Å². The number of hydrogen-bond donors (Lipinski definition) is 2. The first kappa shape index (κ1) is 15.7. The third-order valence-corrected chi connectivity index (χ3v) is 5.34. The first-order valence-corrected chi connectivity index (χ1v) is 8.40. The highest BCUT2D eigenvalue weighted by molar-refractivity contribution is 7.89. The van der Waals surface area contributed by atoms with Crippen molar-refractivity contribution in [2.24, 2.45) is 11.7 Å². The van der Waals surface area contributed by atoms with Gasteiger partial charge in [0.1, 0.15) is 10.7 Å². The zero-order valence-electron chi connectivity index (χ0n) is 11.2. The normalized spacial score (nSPS) is 23.2. The van der Waals surface area contributed by atoms with Crippen molar-refractivity contribution in [2.45, 2.75) is 43.7 Å². The number of hydrogen-bond acceptors (Lipinski definition) is 3. The Labute approximate surface area is 123 Å². The molecule has 0 saturated heterocycles. The molecule has 1 saturated carbocycles. The molecule has 7 heteroatoms. The van der Waals surface area contributed by atoms with E-state index in [1.165, 1.54) is 6.07 Å². The van der Waals surface area contributed by atoms with Crippen LogP contribution in [0.4, 0.5) is 4.39 Å². The maximum atomic E-state index is 14.1. The van der Waals surface area contributed by atoms with Crippen LogP contribution in [-0.2, 0) is 16.6 Å². The Morgan fingerprint density at radius 2 is 2.15 bits per heavy atom. The van der Waals surface area contributed by atoms with Crippen molar-refractivity contribution in [3.8, 4) is 0 Å². The molecule has 1 aromatic carbocycles. The standard InChI is InChI=1S/C13H18ClFN2O2S/c1-8-2-3-11(4-8)17-20(18,19)12-6-10(14)5-9(7-16)13(12)15/h5-6,8,11,17H,2-4,7,16H2,1H3. The molecule has 1 fully saturated rings. The minimum atomic E-state index is -3.92. The summed E-state index contributed by atoms with van der Waals surface area (Å²) >= 11 is 5.83. The molecule has 4 nitrogen and oxygen atoms in total. The Balaban J connectivity index is 2.32. The second-order valence-electron chi connectivity index (χ2n) is 5.32. The third-order valence-electron chi connectivity index (χ3n) is 3.61. The van der Waals surface area contributed by atoms with Crippen molar-refractivity contribution in [1.29, 1.82) is 0 Å². The van der Waals surface area contributed by atoms with E-state index in [1.807, 2.05) is 0 Å². The fourth-order valence-electron chi connectivity index (χ4n) is 2.56. The summed E-state index contributed by atoms with van der Waals surface area (Å²) in [7, 11) is -3.92. The van der Waals surface area contributed by atoms with Crippen LogP contribution in [0.5, 0.6) is 0 Å². The summed E-state index contributed by atoms with van der Waals surface area (Å²) in [5.41, 5.74) is 5.49. The second-order valence-corrected chi connectivity index (χ2v) is 7.44. The van der Waals surface area contributed by atoms with Crippen LogP contribution in [-0.4, -0.2) is 14.5 Å². The van der Waals surface area contributed by atoms with Gasteiger partial charge >= 0.3 is 0 Å². The lowest BCUT2D eigenvalue weighted by molar-refractivity contribution is 0.525. The molecule has 112 valence electrons. The Kier molecular flexibility index (Phi) is 4.69. The van der Waals surface area contributed by atoms with Crippen molar-refractivity contribution in [3.63, 3.8) is 0 Å².